The van der Waals surface area contributed by atoms with E-state index in [2.05, 4.69) is 12.2 Å². The summed E-state index contributed by atoms with van der Waals surface area (Å²) in [6, 6.07) is 5.77. The average molecular weight is 234 g/mol. The van der Waals surface area contributed by atoms with Gasteiger partial charge in [0.15, 0.2) is 0 Å². The molecular formula is C14H22N2O. The largest absolute Gasteiger partial charge is 0.352 e. The highest BCUT2D eigenvalue weighted by molar-refractivity contribution is 5.94. The minimum absolute atomic E-state index is 0.00280. The molecule has 0 spiro atoms. The summed E-state index contributed by atoms with van der Waals surface area (Å²) in [5.41, 5.74) is 8.55. The Balaban J connectivity index is 2.55. The lowest BCUT2D eigenvalue weighted by atomic mass is 10.1. The number of nitrogens with one attached hydrogen (secondary N) is 1. The Morgan fingerprint density at radius 3 is 2.65 bits per heavy atom. The van der Waals surface area contributed by atoms with Gasteiger partial charge in [0, 0.05) is 12.1 Å². The van der Waals surface area contributed by atoms with E-state index in [9.17, 15) is 4.79 Å². The summed E-state index contributed by atoms with van der Waals surface area (Å²) < 4.78 is 0. The standard InChI is InChI=1S/C14H22N2O/c1-10(6-7-15)9-16-14(17)13-5-4-11(2)12(3)8-13/h4-5,8,10H,6-7,9,15H2,1-3H3,(H,16,17). The smallest absolute Gasteiger partial charge is 0.251 e. The zero-order valence-corrected chi connectivity index (χ0v) is 10.9. The molecule has 0 saturated heterocycles. The van der Waals surface area contributed by atoms with Crippen LogP contribution in [0.15, 0.2) is 18.2 Å². The SMILES string of the molecule is Cc1ccc(C(=O)NCC(C)CCN)cc1C. The number of nitrogens with two attached hydrogens (primary N) is 1. The number of carbonyl (C=O) groups is 1. The Morgan fingerprint density at radius 2 is 2.06 bits per heavy atom. The summed E-state index contributed by atoms with van der Waals surface area (Å²) in [5, 5.41) is 2.94. The van der Waals surface area contributed by atoms with Crippen LogP contribution in [0.5, 0.6) is 0 Å². The molecule has 3 N–H and O–H groups in total. The molecule has 1 aromatic rings. The Labute approximate surface area is 103 Å². The maximum absolute atomic E-state index is 11.9. The van der Waals surface area contributed by atoms with Crippen LogP contribution in [0.1, 0.15) is 34.8 Å². The Morgan fingerprint density at radius 1 is 1.35 bits per heavy atom. The summed E-state index contributed by atoms with van der Waals surface area (Å²) in [6.45, 7) is 7.50. The van der Waals surface area contributed by atoms with Crippen molar-refractivity contribution in [1.29, 1.82) is 0 Å². The van der Waals surface area contributed by atoms with Gasteiger partial charge in [-0.05, 0) is 56.0 Å². The van der Waals surface area contributed by atoms with Crippen molar-refractivity contribution in [3.05, 3.63) is 34.9 Å². The van der Waals surface area contributed by atoms with Gasteiger partial charge in [0.1, 0.15) is 0 Å². The van der Waals surface area contributed by atoms with Crippen molar-refractivity contribution >= 4 is 5.91 Å². The van der Waals surface area contributed by atoms with Crippen molar-refractivity contribution < 1.29 is 4.79 Å². The van der Waals surface area contributed by atoms with E-state index < -0.39 is 0 Å². The maximum Gasteiger partial charge on any atom is 0.251 e. The first-order valence-corrected chi connectivity index (χ1v) is 6.10. The van der Waals surface area contributed by atoms with E-state index in [4.69, 9.17) is 5.73 Å². The van der Waals surface area contributed by atoms with Crippen LogP contribution in [-0.4, -0.2) is 19.0 Å². The third kappa shape index (κ3) is 4.19. The summed E-state index contributed by atoms with van der Waals surface area (Å²) in [5.74, 6) is 0.424. The second kappa shape index (κ2) is 6.40. The molecule has 3 heteroatoms. The number of aryl methyl sites for hydroxylation is 2. The normalized spacial score (nSPS) is 12.2. The first-order valence-electron chi connectivity index (χ1n) is 6.10. The Bertz CT molecular complexity index is 388. The van der Waals surface area contributed by atoms with Crippen molar-refractivity contribution in [3.8, 4) is 0 Å². The number of carbonyl (C=O) groups excluding carboxylic acids is 1. The predicted molar refractivity (Wildman–Crippen MR) is 71.1 cm³/mol. The summed E-state index contributed by atoms with van der Waals surface area (Å²) in [4.78, 5) is 11.9. The van der Waals surface area contributed by atoms with Crippen molar-refractivity contribution in [2.45, 2.75) is 27.2 Å². The van der Waals surface area contributed by atoms with Gasteiger partial charge < -0.3 is 11.1 Å². The zero-order chi connectivity index (χ0) is 12.8. The molecule has 1 unspecified atom stereocenters. The van der Waals surface area contributed by atoms with Crippen molar-refractivity contribution in [2.24, 2.45) is 11.7 Å². The Hall–Kier alpha value is -1.35. The highest BCUT2D eigenvalue weighted by Crippen LogP contribution is 2.09. The van der Waals surface area contributed by atoms with Crippen LogP contribution in [0.3, 0.4) is 0 Å². The lowest BCUT2D eigenvalue weighted by Gasteiger charge is -2.12. The van der Waals surface area contributed by atoms with Crippen LogP contribution >= 0.6 is 0 Å². The molecule has 0 bridgehead atoms. The van der Waals surface area contributed by atoms with E-state index in [0.29, 0.717) is 19.0 Å². The monoisotopic (exact) mass is 234 g/mol. The van der Waals surface area contributed by atoms with Gasteiger partial charge in [0.2, 0.25) is 0 Å². The van der Waals surface area contributed by atoms with Gasteiger partial charge in [-0.15, -0.1) is 0 Å². The molecule has 0 aliphatic carbocycles. The van der Waals surface area contributed by atoms with Crippen LogP contribution < -0.4 is 11.1 Å². The molecule has 94 valence electrons. The van der Waals surface area contributed by atoms with Crippen LogP contribution in [0.2, 0.25) is 0 Å². The first kappa shape index (κ1) is 13.7. The molecule has 0 aliphatic heterocycles. The van der Waals surface area contributed by atoms with Gasteiger partial charge in [0.05, 0.1) is 0 Å². The van der Waals surface area contributed by atoms with Crippen LogP contribution in [0, 0.1) is 19.8 Å². The fourth-order valence-corrected chi connectivity index (χ4v) is 1.64. The molecule has 0 aromatic heterocycles. The average Bonchev–Trinajstić information content (AvgIpc) is 2.30. The molecule has 3 nitrogen and oxygen atoms in total. The predicted octanol–water partition coefficient (Wildman–Crippen LogP) is 2.02. The lowest BCUT2D eigenvalue weighted by Crippen LogP contribution is -2.29. The minimum atomic E-state index is -0.00280. The number of amides is 1. The van der Waals surface area contributed by atoms with Gasteiger partial charge in [-0.25, -0.2) is 0 Å². The van der Waals surface area contributed by atoms with Crippen LogP contribution in [0.4, 0.5) is 0 Å². The first-order chi connectivity index (χ1) is 8.04. The fourth-order valence-electron chi connectivity index (χ4n) is 1.64. The van der Waals surface area contributed by atoms with Gasteiger partial charge >= 0.3 is 0 Å². The zero-order valence-electron chi connectivity index (χ0n) is 10.9. The van der Waals surface area contributed by atoms with E-state index >= 15 is 0 Å². The van der Waals surface area contributed by atoms with Crippen molar-refractivity contribution in [1.82, 2.24) is 5.32 Å². The van der Waals surface area contributed by atoms with Gasteiger partial charge in [-0.1, -0.05) is 13.0 Å². The molecule has 0 heterocycles. The lowest BCUT2D eigenvalue weighted by molar-refractivity contribution is 0.0947. The van der Waals surface area contributed by atoms with E-state index in [1.54, 1.807) is 0 Å². The van der Waals surface area contributed by atoms with E-state index in [0.717, 1.165) is 17.5 Å². The molecule has 1 aromatic carbocycles. The molecule has 17 heavy (non-hydrogen) atoms. The van der Waals surface area contributed by atoms with Crippen molar-refractivity contribution in [2.75, 3.05) is 13.1 Å². The summed E-state index contributed by atoms with van der Waals surface area (Å²) >= 11 is 0. The number of hydrogen-bond acceptors (Lipinski definition) is 2. The number of rotatable bonds is 5. The molecule has 0 saturated carbocycles. The fraction of sp³-hybridized carbons (Fsp3) is 0.500. The molecule has 1 rings (SSSR count). The van der Waals surface area contributed by atoms with E-state index in [1.807, 2.05) is 32.0 Å². The third-order valence-electron chi connectivity index (χ3n) is 3.04. The molecular weight excluding hydrogens is 212 g/mol. The van der Waals surface area contributed by atoms with Gasteiger partial charge in [0.25, 0.3) is 5.91 Å². The second-order valence-corrected chi connectivity index (χ2v) is 4.69. The molecule has 1 atom stereocenters. The maximum atomic E-state index is 11.9. The van der Waals surface area contributed by atoms with Gasteiger partial charge in [-0.3, -0.25) is 4.79 Å². The van der Waals surface area contributed by atoms with Crippen LogP contribution in [-0.2, 0) is 0 Å². The van der Waals surface area contributed by atoms with E-state index in [-0.39, 0.29) is 5.91 Å². The molecule has 1 amide bonds. The highest BCUT2D eigenvalue weighted by Gasteiger charge is 2.08. The van der Waals surface area contributed by atoms with Gasteiger partial charge in [-0.2, -0.15) is 0 Å². The van der Waals surface area contributed by atoms with Crippen LogP contribution in [0.25, 0.3) is 0 Å². The quantitative estimate of drug-likeness (QED) is 0.819. The minimum Gasteiger partial charge on any atom is -0.352 e. The molecule has 0 fully saturated rings. The second-order valence-electron chi connectivity index (χ2n) is 4.69. The third-order valence-corrected chi connectivity index (χ3v) is 3.04. The number of hydrogen-bond donors (Lipinski definition) is 2. The molecule has 0 aliphatic rings. The molecule has 0 radical (unpaired) electrons. The number of benzene rings is 1. The summed E-state index contributed by atoms with van der Waals surface area (Å²) in [7, 11) is 0. The topological polar surface area (TPSA) is 55.1 Å². The summed E-state index contributed by atoms with van der Waals surface area (Å²) in [6.07, 6.45) is 0.938. The Kier molecular flexibility index (Phi) is 5.16. The van der Waals surface area contributed by atoms with Crippen molar-refractivity contribution in [3.63, 3.8) is 0 Å². The van der Waals surface area contributed by atoms with E-state index in [1.165, 1.54) is 5.56 Å². The highest BCUT2D eigenvalue weighted by atomic mass is 16.1.